The second-order valence-electron chi connectivity index (χ2n) is 8.70. The van der Waals surface area contributed by atoms with Crippen molar-refractivity contribution in [2.75, 3.05) is 6.61 Å². The maximum atomic E-state index is 13.2. The van der Waals surface area contributed by atoms with Gasteiger partial charge >= 0.3 is 12.2 Å². The van der Waals surface area contributed by atoms with Crippen LogP contribution < -0.4 is 0 Å². The predicted molar refractivity (Wildman–Crippen MR) is 116 cm³/mol. The lowest BCUT2D eigenvalue weighted by atomic mass is 9.97. The van der Waals surface area contributed by atoms with Gasteiger partial charge in [0.15, 0.2) is 5.83 Å². The molecule has 32 heavy (non-hydrogen) atoms. The normalized spacial score (nSPS) is 21.1. The molecule has 2 heterocycles. The van der Waals surface area contributed by atoms with Crippen LogP contribution in [0.5, 0.6) is 0 Å². The number of benzene rings is 2. The van der Waals surface area contributed by atoms with Crippen LogP contribution in [0.25, 0.3) is 11.1 Å². The second-order valence-corrected chi connectivity index (χ2v) is 8.70. The van der Waals surface area contributed by atoms with Crippen LogP contribution in [0, 0.1) is 0 Å². The molecule has 0 saturated carbocycles. The fourth-order valence-corrected chi connectivity index (χ4v) is 5.42. The quantitative estimate of drug-likeness (QED) is 0.472. The third-order valence-electron chi connectivity index (χ3n) is 6.89. The minimum Gasteiger partial charge on any atom is -0.448 e. The van der Waals surface area contributed by atoms with Crippen LogP contribution in [0.4, 0.5) is 18.0 Å². The molecule has 1 aliphatic carbocycles. The monoisotopic (exact) mass is 439 g/mol. The summed E-state index contributed by atoms with van der Waals surface area (Å²) in [5, 5.41) is 0. The highest BCUT2D eigenvalue weighted by molar-refractivity contribution is 5.79. The molecule has 2 bridgehead atoms. The van der Waals surface area contributed by atoms with E-state index in [4.69, 9.17) is 4.74 Å². The number of halogens is 3. The second kappa shape index (κ2) is 8.49. The number of nitrogens with zero attached hydrogens (tertiary/aromatic N) is 1. The number of allylic oxidation sites excluding steroid dienone is 1. The molecule has 3 aliphatic rings. The SMILES string of the molecule is O=C(OCC1c2ccccc2-c2ccccc21)N1C2C=C(CCC(F)=C(F)F)CC1CC2. The number of rotatable bonds is 5. The molecule has 166 valence electrons. The van der Waals surface area contributed by atoms with Gasteiger partial charge in [-0.2, -0.15) is 8.78 Å². The standard InChI is InChI=1S/C26H24F3NO2/c27-24(25(28)29)12-9-16-13-17-10-11-18(14-16)30(17)26(31)32-15-23-21-7-3-1-5-19(21)20-6-2-4-8-22(20)23/h1-8,13,17-18,23H,9-12,14-15H2. The van der Waals surface area contributed by atoms with Crippen LogP contribution >= 0.6 is 0 Å². The third kappa shape index (κ3) is 3.72. The van der Waals surface area contributed by atoms with Crippen molar-refractivity contribution in [3.05, 3.63) is 83.2 Å². The summed E-state index contributed by atoms with van der Waals surface area (Å²) in [5.74, 6) is -1.34. The summed E-state index contributed by atoms with van der Waals surface area (Å²) in [6.07, 6.45) is 1.56. The zero-order chi connectivity index (χ0) is 22.2. The summed E-state index contributed by atoms with van der Waals surface area (Å²) in [5.41, 5.74) is 5.64. The summed E-state index contributed by atoms with van der Waals surface area (Å²) in [6.45, 7) is 0.269. The summed E-state index contributed by atoms with van der Waals surface area (Å²) < 4.78 is 43.6. The number of ether oxygens (including phenoxy) is 1. The molecule has 1 fully saturated rings. The van der Waals surface area contributed by atoms with Crippen LogP contribution in [0.2, 0.25) is 0 Å². The zero-order valence-electron chi connectivity index (χ0n) is 17.6. The van der Waals surface area contributed by atoms with Crippen LogP contribution in [-0.4, -0.2) is 29.7 Å². The van der Waals surface area contributed by atoms with Crippen LogP contribution in [0.1, 0.15) is 49.1 Å². The van der Waals surface area contributed by atoms with Crippen molar-refractivity contribution in [1.82, 2.24) is 4.90 Å². The van der Waals surface area contributed by atoms with Crippen molar-refractivity contribution in [3.8, 4) is 11.1 Å². The van der Waals surface area contributed by atoms with Gasteiger partial charge in [0.1, 0.15) is 6.61 Å². The predicted octanol–water partition coefficient (Wildman–Crippen LogP) is 6.96. The number of amides is 1. The highest BCUT2D eigenvalue weighted by Gasteiger charge is 2.41. The Balaban J connectivity index is 1.26. The molecule has 2 aliphatic heterocycles. The van der Waals surface area contributed by atoms with E-state index in [9.17, 15) is 18.0 Å². The summed E-state index contributed by atoms with van der Waals surface area (Å²) in [7, 11) is 0. The third-order valence-corrected chi connectivity index (χ3v) is 6.89. The van der Waals surface area contributed by atoms with Crippen molar-refractivity contribution in [2.45, 2.75) is 50.1 Å². The van der Waals surface area contributed by atoms with Gasteiger partial charge in [-0.3, -0.25) is 4.90 Å². The fourth-order valence-electron chi connectivity index (χ4n) is 5.42. The Kier molecular flexibility index (Phi) is 5.53. The van der Waals surface area contributed by atoms with E-state index >= 15 is 0 Å². The summed E-state index contributed by atoms with van der Waals surface area (Å²) in [6, 6.07) is 16.3. The van der Waals surface area contributed by atoms with Gasteiger partial charge in [0.05, 0.1) is 6.04 Å². The summed E-state index contributed by atoms with van der Waals surface area (Å²) >= 11 is 0. The van der Waals surface area contributed by atoms with E-state index in [0.717, 1.165) is 18.4 Å². The van der Waals surface area contributed by atoms with Gasteiger partial charge in [0, 0.05) is 18.4 Å². The molecule has 0 N–H and O–H groups in total. The molecule has 1 saturated heterocycles. The Labute approximate surface area is 185 Å². The molecular formula is C26H24F3NO2. The minimum absolute atomic E-state index is 0.00487. The van der Waals surface area contributed by atoms with Crippen LogP contribution in [-0.2, 0) is 4.74 Å². The van der Waals surface area contributed by atoms with Crippen molar-refractivity contribution in [3.63, 3.8) is 0 Å². The van der Waals surface area contributed by atoms with E-state index in [2.05, 4.69) is 24.3 Å². The van der Waals surface area contributed by atoms with Gasteiger partial charge in [-0.1, -0.05) is 60.2 Å². The van der Waals surface area contributed by atoms with Crippen molar-refractivity contribution >= 4 is 6.09 Å². The molecule has 2 aromatic rings. The molecule has 0 aromatic heterocycles. The first kappa shape index (κ1) is 20.9. The Morgan fingerprint density at radius 1 is 0.969 bits per heavy atom. The van der Waals surface area contributed by atoms with E-state index in [1.807, 2.05) is 30.3 Å². The van der Waals surface area contributed by atoms with Crippen molar-refractivity contribution in [2.24, 2.45) is 0 Å². The number of hydrogen-bond acceptors (Lipinski definition) is 2. The first-order valence-corrected chi connectivity index (χ1v) is 11.1. The van der Waals surface area contributed by atoms with E-state index < -0.39 is 11.9 Å². The van der Waals surface area contributed by atoms with Crippen molar-refractivity contribution < 1.29 is 22.7 Å². The van der Waals surface area contributed by atoms with Gasteiger partial charge in [0.2, 0.25) is 0 Å². The lowest BCUT2D eigenvalue weighted by molar-refractivity contribution is 0.0848. The van der Waals surface area contributed by atoms with Gasteiger partial charge in [-0.15, -0.1) is 0 Å². The average Bonchev–Trinajstić information content (AvgIpc) is 3.27. The maximum absolute atomic E-state index is 13.2. The molecule has 2 aromatic carbocycles. The highest BCUT2D eigenvalue weighted by Crippen LogP contribution is 2.45. The van der Waals surface area contributed by atoms with E-state index in [1.165, 1.54) is 22.3 Å². The number of carbonyl (C=O) groups is 1. The Morgan fingerprint density at radius 2 is 1.62 bits per heavy atom. The van der Waals surface area contributed by atoms with Gasteiger partial charge in [-0.05, 0) is 47.9 Å². The number of fused-ring (bicyclic) bond motifs is 5. The van der Waals surface area contributed by atoms with E-state index in [-0.39, 0.29) is 43.5 Å². The van der Waals surface area contributed by atoms with Crippen LogP contribution in [0.3, 0.4) is 0 Å². The van der Waals surface area contributed by atoms with E-state index in [1.54, 1.807) is 4.90 Å². The average molecular weight is 439 g/mol. The molecule has 5 rings (SSSR count). The highest BCUT2D eigenvalue weighted by atomic mass is 19.3. The number of carbonyl (C=O) groups excluding carboxylic acids is 1. The Hall–Kier alpha value is -3.02. The molecule has 3 nitrogen and oxygen atoms in total. The first-order chi connectivity index (χ1) is 15.5. The number of hydrogen-bond donors (Lipinski definition) is 0. The lowest BCUT2D eigenvalue weighted by Gasteiger charge is -2.33. The Morgan fingerprint density at radius 3 is 2.25 bits per heavy atom. The maximum Gasteiger partial charge on any atom is 0.410 e. The largest absolute Gasteiger partial charge is 0.448 e. The molecule has 1 amide bonds. The molecule has 2 unspecified atom stereocenters. The summed E-state index contributed by atoms with van der Waals surface area (Å²) in [4.78, 5) is 14.8. The molecule has 6 heteroatoms. The minimum atomic E-state index is -2.25. The van der Waals surface area contributed by atoms with Crippen molar-refractivity contribution in [1.29, 1.82) is 0 Å². The molecular weight excluding hydrogens is 415 g/mol. The van der Waals surface area contributed by atoms with E-state index in [0.29, 0.717) is 6.42 Å². The van der Waals surface area contributed by atoms with Crippen LogP contribution in [0.15, 0.2) is 72.1 Å². The van der Waals surface area contributed by atoms with Gasteiger partial charge in [-0.25, -0.2) is 9.18 Å². The van der Waals surface area contributed by atoms with Gasteiger partial charge in [0.25, 0.3) is 0 Å². The first-order valence-electron chi connectivity index (χ1n) is 11.1. The fraction of sp³-hybridized carbons (Fsp3) is 0.346. The molecule has 2 atom stereocenters. The Bertz CT molecular complexity index is 1060. The molecule has 0 radical (unpaired) electrons. The molecule has 0 spiro atoms. The van der Waals surface area contributed by atoms with Gasteiger partial charge < -0.3 is 4.74 Å². The topological polar surface area (TPSA) is 29.5 Å². The lowest BCUT2D eigenvalue weighted by Crippen LogP contribution is -2.43. The smallest absolute Gasteiger partial charge is 0.410 e. The zero-order valence-corrected chi connectivity index (χ0v) is 17.6.